The van der Waals surface area contributed by atoms with E-state index in [-0.39, 0.29) is 11.1 Å². The third-order valence-electron chi connectivity index (χ3n) is 3.71. The number of aromatic nitrogens is 3. The van der Waals surface area contributed by atoms with Gasteiger partial charge in [-0.1, -0.05) is 18.2 Å². The minimum atomic E-state index is -3.73. The monoisotopic (exact) mass is 330 g/mol. The number of sulfonamides is 1. The minimum Gasteiger partial charge on any atom is -0.334 e. The van der Waals surface area contributed by atoms with Crippen LogP contribution in [0.4, 0.5) is 5.82 Å². The van der Waals surface area contributed by atoms with Crippen molar-refractivity contribution in [2.24, 2.45) is 0 Å². The number of imidazole rings is 1. The Morgan fingerprint density at radius 1 is 1.13 bits per heavy atom. The summed E-state index contributed by atoms with van der Waals surface area (Å²) in [5.74, 6) is 0.364. The van der Waals surface area contributed by atoms with E-state index < -0.39 is 10.0 Å². The summed E-state index contributed by atoms with van der Waals surface area (Å²) in [6.45, 7) is 3.93. The second-order valence-corrected chi connectivity index (χ2v) is 7.50. The van der Waals surface area contributed by atoms with Crippen molar-refractivity contribution in [3.05, 3.63) is 48.9 Å². The van der Waals surface area contributed by atoms with Crippen molar-refractivity contribution in [3.8, 4) is 0 Å². The fraction of sp³-hybridized carbons (Fsp3) is 0.250. The normalized spacial score (nSPS) is 12.0. The van der Waals surface area contributed by atoms with Crippen LogP contribution in [0, 0.1) is 0 Å². The molecule has 0 N–H and O–H groups in total. The van der Waals surface area contributed by atoms with E-state index in [4.69, 9.17) is 0 Å². The molecule has 0 aliphatic rings. The first-order valence-corrected chi connectivity index (χ1v) is 8.72. The number of hydrogen-bond acceptors (Lipinski definition) is 4. The Morgan fingerprint density at radius 3 is 2.57 bits per heavy atom. The standard InChI is InChI=1S/C16H18N4O2S/c1-12(2)20-10-16(17-11-20)23(21,22)19(3)15-9-8-13-6-4-5-7-14(13)18-15/h4-12H,1-3H3. The first-order valence-electron chi connectivity index (χ1n) is 7.28. The Balaban J connectivity index is 2.00. The van der Waals surface area contributed by atoms with Gasteiger partial charge in [0, 0.05) is 24.7 Å². The highest BCUT2D eigenvalue weighted by atomic mass is 32.2. The highest BCUT2D eigenvalue weighted by Gasteiger charge is 2.25. The third kappa shape index (κ3) is 2.79. The van der Waals surface area contributed by atoms with E-state index in [1.807, 2.05) is 44.2 Å². The van der Waals surface area contributed by atoms with Crippen LogP contribution in [0.3, 0.4) is 0 Å². The average Bonchev–Trinajstić information content (AvgIpc) is 3.04. The van der Waals surface area contributed by atoms with Crippen LogP contribution in [-0.2, 0) is 10.0 Å². The van der Waals surface area contributed by atoms with Crippen LogP contribution in [0.2, 0.25) is 0 Å². The van der Waals surface area contributed by atoms with Crippen LogP contribution in [0.1, 0.15) is 19.9 Å². The van der Waals surface area contributed by atoms with Gasteiger partial charge in [0.05, 0.1) is 11.8 Å². The number of benzene rings is 1. The molecule has 0 aliphatic heterocycles. The Bertz CT molecular complexity index is 947. The fourth-order valence-corrected chi connectivity index (χ4v) is 3.29. The molecule has 0 saturated heterocycles. The Kier molecular flexibility index (Phi) is 3.81. The molecule has 2 heterocycles. The van der Waals surface area contributed by atoms with Gasteiger partial charge in [-0.2, -0.15) is 8.42 Å². The lowest BCUT2D eigenvalue weighted by Gasteiger charge is -2.17. The molecule has 0 spiro atoms. The zero-order valence-electron chi connectivity index (χ0n) is 13.2. The first kappa shape index (κ1) is 15.5. The number of anilines is 1. The molecule has 120 valence electrons. The second-order valence-electron chi connectivity index (χ2n) is 5.59. The van der Waals surface area contributed by atoms with Gasteiger partial charge in [0.25, 0.3) is 10.0 Å². The van der Waals surface area contributed by atoms with Crippen LogP contribution in [-0.4, -0.2) is 30.0 Å². The van der Waals surface area contributed by atoms with E-state index in [1.165, 1.54) is 19.6 Å². The van der Waals surface area contributed by atoms with E-state index in [2.05, 4.69) is 9.97 Å². The zero-order chi connectivity index (χ0) is 16.6. The molecule has 0 fully saturated rings. The van der Waals surface area contributed by atoms with E-state index in [0.717, 1.165) is 15.2 Å². The molecule has 0 bridgehead atoms. The molecular formula is C16H18N4O2S. The average molecular weight is 330 g/mol. The van der Waals surface area contributed by atoms with Gasteiger partial charge >= 0.3 is 0 Å². The van der Waals surface area contributed by atoms with E-state index in [9.17, 15) is 8.42 Å². The van der Waals surface area contributed by atoms with E-state index in [1.54, 1.807) is 10.6 Å². The molecule has 23 heavy (non-hydrogen) atoms. The summed E-state index contributed by atoms with van der Waals surface area (Å²) in [5, 5.41) is 0.981. The summed E-state index contributed by atoms with van der Waals surface area (Å²) < 4.78 is 28.3. The number of para-hydroxylation sites is 1. The summed E-state index contributed by atoms with van der Waals surface area (Å²) in [7, 11) is -2.25. The predicted octanol–water partition coefficient (Wildman–Crippen LogP) is 2.84. The van der Waals surface area contributed by atoms with Crippen LogP contribution in [0.15, 0.2) is 53.9 Å². The lowest BCUT2D eigenvalue weighted by atomic mass is 10.2. The molecule has 0 atom stereocenters. The summed E-state index contributed by atoms with van der Waals surface area (Å²) in [4.78, 5) is 8.44. The van der Waals surface area contributed by atoms with Crippen LogP contribution >= 0.6 is 0 Å². The van der Waals surface area contributed by atoms with Crippen LogP contribution < -0.4 is 4.31 Å². The SMILES string of the molecule is CC(C)n1cnc(S(=O)(=O)N(C)c2ccc3ccccc3n2)c1. The summed E-state index contributed by atoms with van der Waals surface area (Å²) in [6, 6.07) is 11.3. The highest BCUT2D eigenvalue weighted by Crippen LogP contribution is 2.22. The van der Waals surface area contributed by atoms with Gasteiger partial charge in [0.1, 0.15) is 5.82 Å². The Hall–Kier alpha value is -2.41. The van der Waals surface area contributed by atoms with Crippen LogP contribution in [0.25, 0.3) is 10.9 Å². The maximum Gasteiger partial charge on any atom is 0.284 e. The number of hydrogen-bond donors (Lipinski definition) is 0. The van der Waals surface area contributed by atoms with Crippen molar-refractivity contribution >= 4 is 26.7 Å². The van der Waals surface area contributed by atoms with E-state index >= 15 is 0 Å². The van der Waals surface area contributed by atoms with Gasteiger partial charge in [-0.25, -0.2) is 9.97 Å². The lowest BCUT2D eigenvalue weighted by molar-refractivity contribution is 0.587. The first-order chi connectivity index (χ1) is 10.9. The lowest BCUT2D eigenvalue weighted by Crippen LogP contribution is -2.27. The number of nitrogens with zero attached hydrogens (tertiary/aromatic N) is 4. The smallest absolute Gasteiger partial charge is 0.284 e. The molecule has 0 amide bonds. The van der Waals surface area contributed by atoms with Gasteiger partial charge in [-0.15, -0.1) is 0 Å². The predicted molar refractivity (Wildman–Crippen MR) is 89.9 cm³/mol. The van der Waals surface area contributed by atoms with Crippen LogP contribution in [0.5, 0.6) is 0 Å². The van der Waals surface area contributed by atoms with Crippen molar-refractivity contribution in [1.29, 1.82) is 0 Å². The minimum absolute atomic E-state index is 0.0173. The van der Waals surface area contributed by atoms with E-state index in [0.29, 0.717) is 5.82 Å². The third-order valence-corrected chi connectivity index (χ3v) is 5.35. The molecular weight excluding hydrogens is 312 g/mol. The van der Waals surface area contributed by atoms with Gasteiger partial charge < -0.3 is 4.57 Å². The topological polar surface area (TPSA) is 68.1 Å². The summed E-state index contributed by atoms with van der Waals surface area (Å²) >= 11 is 0. The van der Waals surface area contributed by atoms with Crippen molar-refractivity contribution in [1.82, 2.24) is 14.5 Å². The molecule has 1 aromatic carbocycles. The largest absolute Gasteiger partial charge is 0.334 e. The molecule has 6 nitrogen and oxygen atoms in total. The van der Waals surface area contributed by atoms with Gasteiger partial charge in [-0.3, -0.25) is 4.31 Å². The molecule has 7 heteroatoms. The molecule has 0 aliphatic carbocycles. The van der Waals surface area contributed by atoms with Gasteiger partial charge in [-0.05, 0) is 32.0 Å². The van der Waals surface area contributed by atoms with Crippen molar-refractivity contribution in [2.75, 3.05) is 11.4 Å². The molecule has 0 unspecified atom stereocenters. The quantitative estimate of drug-likeness (QED) is 0.738. The fourth-order valence-electron chi connectivity index (χ4n) is 2.23. The number of fused-ring (bicyclic) bond motifs is 1. The second kappa shape index (κ2) is 5.66. The molecule has 3 rings (SSSR count). The van der Waals surface area contributed by atoms with Crippen molar-refractivity contribution in [3.63, 3.8) is 0 Å². The molecule has 2 aromatic heterocycles. The number of pyridine rings is 1. The molecule has 0 saturated carbocycles. The maximum atomic E-state index is 12.7. The zero-order valence-corrected chi connectivity index (χ0v) is 14.0. The maximum absolute atomic E-state index is 12.7. The van der Waals surface area contributed by atoms with Crippen molar-refractivity contribution < 1.29 is 8.42 Å². The highest BCUT2D eigenvalue weighted by molar-refractivity contribution is 7.92. The Morgan fingerprint density at radius 2 is 1.87 bits per heavy atom. The van der Waals surface area contributed by atoms with Gasteiger partial charge in [0.15, 0.2) is 5.03 Å². The summed E-state index contributed by atoms with van der Waals surface area (Å²) in [6.07, 6.45) is 3.07. The van der Waals surface area contributed by atoms with Gasteiger partial charge in [0.2, 0.25) is 0 Å². The molecule has 0 radical (unpaired) electrons. The Labute approximate surface area is 135 Å². The van der Waals surface area contributed by atoms with Crippen molar-refractivity contribution in [2.45, 2.75) is 24.9 Å². The summed E-state index contributed by atoms with van der Waals surface area (Å²) in [5.41, 5.74) is 0.750. The number of rotatable bonds is 4. The molecule has 3 aromatic rings.